The van der Waals surface area contributed by atoms with Gasteiger partial charge in [-0.05, 0) is 40.0 Å². The number of rotatable bonds is 9. The molecule has 0 amide bonds. The molecule has 0 heterocycles. The molecule has 110 valence electrons. The summed E-state index contributed by atoms with van der Waals surface area (Å²) in [6.07, 6.45) is 4.54. The molecular formula is C14H31NO3. The molecular weight excluding hydrogens is 230 g/mol. The van der Waals surface area contributed by atoms with Gasteiger partial charge in [0.2, 0.25) is 0 Å². The van der Waals surface area contributed by atoms with Crippen molar-refractivity contribution >= 4 is 0 Å². The van der Waals surface area contributed by atoms with Gasteiger partial charge in [-0.25, -0.2) is 0 Å². The lowest BCUT2D eigenvalue weighted by Crippen LogP contribution is -2.55. The van der Waals surface area contributed by atoms with Gasteiger partial charge in [-0.3, -0.25) is 4.84 Å². The van der Waals surface area contributed by atoms with Gasteiger partial charge in [-0.1, -0.05) is 33.1 Å². The Bertz CT molecular complexity index is 204. The van der Waals surface area contributed by atoms with E-state index in [0.717, 1.165) is 12.8 Å². The maximum atomic E-state index is 10.0. The Morgan fingerprint density at radius 2 is 1.56 bits per heavy atom. The molecule has 0 aromatic heterocycles. The molecule has 0 aliphatic heterocycles. The molecule has 2 N–H and O–H groups in total. The Kier molecular flexibility index (Phi) is 7.37. The van der Waals surface area contributed by atoms with Crippen molar-refractivity contribution in [3.05, 3.63) is 0 Å². The van der Waals surface area contributed by atoms with Gasteiger partial charge < -0.3 is 10.2 Å². The smallest absolute Gasteiger partial charge is 0.138 e. The van der Waals surface area contributed by atoms with Crippen LogP contribution in [0.4, 0.5) is 0 Å². The second-order valence-corrected chi connectivity index (χ2v) is 6.00. The summed E-state index contributed by atoms with van der Waals surface area (Å²) in [4.78, 5) is 5.65. The summed E-state index contributed by atoms with van der Waals surface area (Å²) in [6, 6.07) is 0. The Hall–Kier alpha value is -0.160. The summed E-state index contributed by atoms with van der Waals surface area (Å²) in [5.41, 5.74) is -2.41. The van der Waals surface area contributed by atoms with Crippen LogP contribution in [-0.2, 0) is 4.84 Å². The van der Waals surface area contributed by atoms with Crippen LogP contribution in [0.25, 0.3) is 0 Å². The maximum Gasteiger partial charge on any atom is 0.138 e. The lowest BCUT2D eigenvalue weighted by Gasteiger charge is -2.41. The first kappa shape index (κ1) is 17.8. The summed E-state index contributed by atoms with van der Waals surface area (Å²) in [6.45, 7) is 11.3. The quantitative estimate of drug-likeness (QED) is 0.495. The van der Waals surface area contributed by atoms with Crippen LogP contribution in [0.15, 0.2) is 0 Å². The first-order valence-electron chi connectivity index (χ1n) is 7.00. The zero-order chi connectivity index (χ0) is 14.4. The van der Waals surface area contributed by atoms with E-state index in [1.54, 1.807) is 27.7 Å². The van der Waals surface area contributed by atoms with Crippen LogP contribution in [-0.4, -0.2) is 33.3 Å². The molecule has 0 saturated heterocycles. The number of hydrogen-bond donors (Lipinski definition) is 2. The van der Waals surface area contributed by atoms with Crippen molar-refractivity contribution in [3.8, 4) is 0 Å². The number of hydroxylamine groups is 2. The fourth-order valence-electron chi connectivity index (χ4n) is 2.06. The standard InChI is InChI=1S/C14H31NO3/c1-7-9-10-12(8-2)11-18-15(13(3,4)16)14(5,6)17/h12,16-17H,7-11H2,1-6H3. The van der Waals surface area contributed by atoms with Crippen LogP contribution in [0, 0.1) is 5.92 Å². The van der Waals surface area contributed by atoms with Crippen LogP contribution < -0.4 is 0 Å². The van der Waals surface area contributed by atoms with Gasteiger partial charge in [0.25, 0.3) is 0 Å². The van der Waals surface area contributed by atoms with E-state index in [0.29, 0.717) is 12.5 Å². The summed E-state index contributed by atoms with van der Waals surface area (Å²) in [7, 11) is 0. The predicted molar refractivity (Wildman–Crippen MR) is 73.7 cm³/mol. The highest BCUT2D eigenvalue weighted by Crippen LogP contribution is 2.23. The first-order chi connectivity index (χ1) is 8.12. The molecule has 0 radical (unpaired) electrons. The van der Waals surface area contributed by atoms with Gasteiger partial charge in [0.1, 0.15) is 11.4 Å². The first-order valence-corrected chi connectivity index (χ1v) is 7.00. The van der Waals surface area contributed by atoms with Crippen molar-refractivity contribution in [2.75, 3.05) is 6.61 Å². The Morgan fingerprint density at radius 3 is 1.89 bits per heavy atom. The van der Waals surface area contributed by atoms with Gasteiger partial charge in [-0.15, -0.1) is 5.06 Å². The minimum Gasteiger partial charge on any atom is -0.374 e. The molecule has 0 aliphatic rings. The van der Waals surface area contributed by atoms with Crippen LogP contribution in [0.3, 0.4) is 0 Å². The van der Waals surface area contributed by atoms with Crippen molar-refractivity contribution in [1.29, 1.82) is 0 Å². The molecule has 1 unspecified atom stereocenters. The summed E-state index contributed by atoms with van der Waals surface area (Å²) in [5, 5.41) is 21.3. The van der Waals surface area contributed by atoms with E-state index < -0.39 is 11.4 Å². The van der Waals surface area contributed by atoms with Crippen molar-refractivity contribution in [3.63, 3.8) is 0 Å². The van der Waals surface area contributed by atoms with E-state index >= 15 is 0 Å². The van der Waals surface area contributed by atoms with Crippen molar-refractivity contribution in [2.45, 2.75) is 78.7 Å². The molecule has 0 rings (SSSR count). The Morgan fingerprint density at radius 1 is 1.06 bits per heavy atom. The highest BCUT2D eigenvalue weighted by atomic mass is 16.7. The summed E-state index contributed by atoms with van der Waals surface area (Å²) >= 11 is 0. The van der Waals surface area contributed by atoms with Gasteiger partial charge in [0, 0.05) is 0 Å². The minimum atomic E-state index is -1.21. The highest BCUT2D eigenvalue weighted by Gasteiger charge is 2.36. The predicted octanol–water partition coefficient (Wildman–Crippen LogP) is 2.89. The molecule has 1 atom stereocenters. The average molecular weight is 261 g/mol. The third-order valence-electron chi connectivity index (χ3n) is 2.98. The molecule has 0 bridgehead atoms. The minimum absolute atomic E-state index is 0.470. The lowest BCUT2D eigenvalue weighted by molar-refractivity contribution is -0.368. The summed E-state index contributed by atoms with van der Waals surface area (Å²) < 4.78 is 0. The normalized spacial score (nSPS) is 15.2. The SMILES string of the molecule is CCCCC(CC)CON(C(C)(C)O)C(C)(C)O. The molecule has 4 nitrogen and oxygen atoms in total. The molecule has 0 spiro atoms. The van der Waals surface area contributed by atoms with Crippen molar-refractivity contribution < 1.29 is 15.1 Å². The second kappa shape index (κ2) is 7.43. The van der Waals surface area contributed by atoms with Crippen LogP contribution >= 0.6 is 0 Å². The van der Waals surface area contributed by atoms with E-state index in [1.807, 2.05) is 0 Å². The van der Waals surface area contributed by atoms with Gasteiger partial charge in [-0.2, -0.15) is 0 Å². The third kappa shape index (κ3) is 6.69. The fourth-order valence-corrected chi connectivity index (χ4v) is 2.06. The van der Waals surface area contributed by atoms with E-state index in [4.69, 9.17) is 4.84 Å². The molecule has 0 aromatic rings. The Balaban J connectivity index is 4.43. The molecule has 0 aliphatic carbocycles. The zero-order valence-corrected chi connectivity index (χ0v) is 12.9. The number of unbranched alkanes of at least 4 members (excludes halogenated alkanes) is 1. The molecule has 0 saturated carbocycles. The van der Waals surface area contributed by atoms with Crippen LogP contribution in [0.2, 0.25) is 0 Å². The number of hydrogen-bond acceptors (Lipinski definition) is 4. The molecule has 0 aromatic carbocycles. The van der Waals surface area contributed by atoms with E-state index in [1.165, 1.54) is 17.9 Å². The zero-order valence-electron chi connectivity index (χ0n) is 12.9. The molecule has 0 fully saturated rings. The molecule has 4 heteroatoms. The lowest BCUT2D eigenvalue weighted by atomic mass is 10.0. The molecule has 18 heavy (non-hydrogen) atoms. The monoisotopic (exact) mass is 261 g/mol. The topological polar surface area (TPSA) is 52.9 Å². The van der Waals surface area contributed by atoms with Crippen LogP contribution in [0.1, 0.15) is 67.2 Å². The van der Waals surface area contributed by atoms with Gasteiger partial charge in [0.05, 0.1) is 6.61 Å². The van der Waals surface area contributed by atoms with Crippen LogP contribution in [0.5, 0.6) is 0 Å². The largest absolute Gasteiger partial charge is 0.374 e. The highest BCUT2D eigenvalue weighted by molar-refractivity contribution is 4.71. The number of aliphatic hydroxyl groups is 2. The Labute approximate surface area is 112 Å². The van der Waals surface area contributed by atoms with E-state index in [-0.39, 0.29) is 0 Å². The second-order valence-electron chi connectivity index (χ2n) is 6.00. The third-order valence-corrected chi connectivity index (χ3v) is 2.98. The summed E-state index contributed by atoms with van der Waals surface area (Å²) in [5.74, 6) is 0.470. The van der Waals surface area contributed by atoms with Gasteiger partial charge in [0.15, 0.2) is 0 Å². The van der Waals surface area contributed by atoms with Crippen molar-refractivity contribution in [2.24, 2.45) is 5.92 Å². The van der Waals surface area contributed by atoms with Crippen molar-refractivity contribution in [1.82, 2.24) is 5.06 Å². The fraction of sp³-hybridized carbons (Fsp3) is 1.00. The maximum absolute atomic E-state index is 10.0. The van der Waals surface area contributed by atoms with Gasteiger partial charge >= 0.3 is 0 Å². The van der Waals surface area contributed by atoms with E-state index in [2.05, 4.69) is 13.8 Å². The average Bonchev–Trinajstić information content (AvgIpc) is 2.19. The van der Waals surface area contributed by atoms with E-state index in [9.17, 15) is 10.2 Å². The number of nitrogens with zero attached hydrogens (tertiary/aromatic N) is 1.